The van der Waals surface area contributed by atoms with Crippen LogP contribution in [0.5, 0.6) is 0 Å². The molecule has 1 heterocycles. The van der Waals surface area contributed by atoms with Crippen molar-refractivity contribution in [3.63, 3.8) is 0 Å². The van der Waals surface area contributed by atoms with E-state index >= 15 is 0 Å². The number of nitrogens with zero attached hydrogens (tertiary/aromatic N) is 2. The molecule has 3 nitrogen and oxygen atoms in total. The van der Waals surface area contributed by atoms with Crippen LogP contribution in [0, 0.1) is 11.8 Å². The molecule has 0 radical (unpaired) electrons. The molecule has 0 amide bonds. The Labute approximate surface area is 112 Å². The Morgan fingerprint density at radius 1 is 1.28 bits per heavy atom. The van der Waals surface area contributed by atoms with Crippen molar-refractivity contribution in [2.45, 2.75) is 60.0 Å². The zero-order valence-corrected chi connectivity index (χ0v) is 12.8. The van der Waals surface area contributed by atoms with Gasteiger partial charge in [0.15, 0.2) is 0 Å². The molecule has 3 heteroatoms. The molecule has 2 unspecified atom stereocenters. The van der Waals surface area contributed by atoms with Gasteiger partial charge in [0.1, 0.15) is 0 Å². The normalized spacial score (nSPS) is 15.1. The number of nitrogens with one attached hydrogen (secondary N) is 1. The van der Waals surface area contributed by atoms with Crippen LogP contribution >= 0.6 is 0 Å². The van der Waals surface area contributed by atoms with E-state index in [0.717, 1.165) is 19.4 Å². The van der Waals surface area contributed by atoms with Gasteiger partial charge in [-0.3, -0.25) is 4.68 Å². The first-order valence-corrected chi connectivity index (χ1v) is 7.26. The highest BCUT2D eigenvalue weighted by atomic mass is 15.3. The van der Waals surface area contributed by atoms with E-state index in [1.54, 1.807) is 0 Å². The van der Waals surface area contributed by atoms with Crippen molar-refractivity contribution in [1.82, 2.24) is 15.1 Å². The van der Waals surface area contributed by atoms with E-state index in [9.17, 15) is 0 Å². The smallest absolute Gasteiger partial charge is 0.0624 e. The lowest BCUT2D eigenvalue weighted by Gasteiger charge is -2.27. The SMILES string of the molecule is CCc1cc(CC(C(C)C)C(C)NC)n(CC)n1. The fourth-order valence-electron chi connectivity index (χ4n) is 2.57. The maximum absolute atomic E-state index is 4.64. The van der Waals surface area contributed by atoms with Crippen molar-refractivity contribution in [2.75, 3.05) is 7.05 Å². The topological polar surface area (TPSA) is 29.9 Å². The lowest BCUT2D eigenvalue weighted by atomic mass is 9.85. The summed E-state index contributed by atoms with van der Waals surface area (Å²) in [5.74, 6) is 1.33. The van der Waals surface area contributed by atoms with Crippen LogP contribution in [-0.4, -0.2) is 22.9 Å². The highest BCUT2D eigenvalue weighted by Gasteiger charge is 2.22. The zero-order chi connectivity index (χ0) is 13.7. The predicted octanol–water partition coefficient (Wildman–Crippen LogP) is 2.89. The van der Waals surface area contributed by atoms with Gasteiger partial charge >= 0.3 is 0 Å². The van der Waals surface area contributed by atoms with E-state index in [0.29, 0.717) is 17.9 Å². The summed E-state index contributed by atoms with van der Waals surface area (Å²) < 4.78 is 2.16. The van der Waals surface area contributed by atoms with Gasteiger partial charge in [-0.05, 0) is 51.6 Å². The quantitative estimate of drug-likeness (QED) is 0.807. The summed E-state index contributed by atoms with van der Waals surface area (Å²) >= 11 is 0. The molecule has 104 valence electrons. The molecule has 1 N–H and O–H groups in total. The molecule has 0 aliphatic rings. The van der Waals surface area contributed by atoms with Gasteiger partial charge in [0, 0.05) is 18.3 Å². The van der Waals surface area contributed by atoms with Crippen LogP contribution in [0.4, 0.5) is 0 Å². The van der Waals surface area contributed by atoms with Crippen molar-refractivity contribution < 1.29 is 0 Å². The van der Waals surface area contributed by atoms with Crippen molar-refractivity contribution in [2.24, 2.45) is 11.8 Å². The molecule has 1 aromatic rings. The first kappa shape index (κ1) is 15.2. The lowest BCUT2D eigenvalue weighted by molar-refractivity contribution is 0.294. The lowest BCUT2D eigenvalue weighted by Crippen LogP contribution is -2.35. The third-order valence-electron chi connectivity index (χ3n) is 3.97. The van der Waals surface area contributed by atoms with Crippen molar-refractivity contribution in [3.05, 3.63) is 17.5 Å². The molecule has 2 atom stereocenters. The van der Waals surface area contributed by atoms with E-state index in [1.807, 2.05) is 0 Å². The van der Waals surface area contributed by atoms with E-state index in [-0.39, 0.29) is 0 Å². The number of hydrogen-bond acceptors (Lipinski definition) is 2. The third kappa shape index (κ3) is 3.58. The van der Waals surface area contributed by atoms with Crippen LogP contribution in [0.3, 0.4) is 0 Å². The molecule has 0 aliphatic heterocycles. The van der Waals surface area contributed by atoms with Crippen LogP contribution in [0.1, 0.15) is 46.0 Å². The minimum Gasteiger partial charge on any atom is -0.317 e. The van der Waals surface area contributed by atoms with E-state index in [1.165, 1.54) is 11.4 Å². The number of rotatable bonds is 7. The first-order valence-electron chi connectivity index (χ1n) is 7.26. The van der Waals surface area contributed by atoms with Gasteiger partial charge in [0.05, 0.1) is 5.69 Å². The van der Waals surface area contributed by atoms with Gasteiger partial charge < -0.3 is 5.32 Å². The average Bonchev–Trinajstić information content (AvgIpc) is 2.76. The largest absolute Gasteiger partial charge is 0.317 e. The molecule has 0 fully saturated rings. The summed E-state index contributed by atoms with van der Waals surface area (Å²) in [6, 6.07) is 2.82. The molecule has 1 rings (SSSR count). The van der Waals surface area contributed by atoms with Gasteiger partial charge in [-0.2, -0.15) is 5.10 Å². The first-order chi connectivity index (χ1) is 8.53. The number of hydrogen-bond donors (Lipinski definition) is 1. The molecule has 0 aliphatic carbocycles. The van der Waals surface area contributed by atoms with E-state index < -0.39 is 0 Å². The monoisotopic (exact) mass is 251 g/mol. The Morgan fingerprint density at radius 2 is 1.94 bits per heavy atom. The summed E-state index contributed by atoms with van der Waals surface area (Å²) in [5.41, 5.74) is 2.60. The maximum atomic E-state index is 4.64. The Balaban J connectivity index is 2.89. The highest BCUT2D eigenvalue weighted by Crippen LogP contribution is 2.21. The summed E-state index contributed by atoms with van der Waals surface area (Å²) in [5, 5.41) is 8.04. The predicted molar refractivity (Wildman–Crippen MR) is 77.8 cm³/mol. The van der Waals surface area contributed by atoms with Crippen LogP contribution in [0.25, 0.3) is 0 Å². The van der Waals surface area contributed by atoms with Gasteiger partial charge in [-0.15, -0.1) is 0 Å². The highest BCUT2D eigenvalue weighted by molar-refractivity contribution is 5.12. The molecule has 0 saturated carbocycles. The standard InChI is InChI=1S/C15H29N3/c1-7-13-9-14(18(8-2)17-13)10-15(11(3)4)12(5)16-6/h9,11-12,15-16H,7-8,10H2,1-6H3. The second kappa shape index (κ2) is 6.93. The maximum Gasteiger partial charge on any atom is 0.0624 e. The van der Waals surface area contributed by atoms with E-state index in [2.05, 4.69) is 62.8 Å². The minimum atomic E-state index is 0.537. The number of aromatic nitrogens is 2. The van der Waals surface area contributed by atoms with Gasteiger partial charge in [0.2, 0.25) is 0 Å². The van der Waals surface area contributed by atoms with Gasteiger partial charge in [-0.25, -0.2) is 0 Å². The molecule has 0 spiro atoms. The van der Waals surface area contributed by atoms with Crippen molar-refractivity contribution >= 4 is 0 Å². The molecule has 0 aromatic carbocycles. The second-order valence-corrected chi connectivity index (χ2v) is 5.49. The van der Waals surface area contributed by atoms with Gasteiger partial charge in [0.25, 0.3) is 0 Å². The molecule has 18 heavy (non-hydrogen) atoms. The summed E-state index contributed by atoms with van der Waals surface area (Å²) in [7, 11) is 2.05. The zero-order valence-electron chi connectivity index (χ0n) is 12.8. The Bertz CT molecular complexity index is 355. The van der Waals surface area contributed by atoms with Gasteiger partial charge in [-0.1, -0.05) is 20.8 Å². The van der Waals surface area contributed by atoms with Crippen LogP contribution < -0.4 is 5.32 Å². The summed E-state index contributed by atoms with van der Waals surface area (Å²) in [6.45, 7) is 12.2. The van der Waals surface area contributed by atoms with Crippen LogP contribution in [0.15, 0.2) is 6.07 Å². The van der Waals surface area contributed by atoms with Crippen LogP contribution in [0.2, 0.25) is 0 Å². The second-order valence-electron chi connectivity index (χ2n) is 5.49. The Morgan fingerprint density at radius 3 is 2.39 bits per heavy atom. The fraction of sp³-hybridized carbons (Fsp3) is 0.800. The molecule has 0 saturated heterocycles. The Kier molecular flexibility index (Phi) is 5.86. The van der Waals surface area contributed by atoms with E-state index in [4.69, 9.17) is 0 Å². The molecule has 1 aromatic heterocycles. The number of aryl methyl sites for hydroxylation is 2. The fourth-order valence-corrected chi connectivity index (χ4v) is 2.57. The Hall–Kier alpha value is -0.830. The van der Waals surface area contributed by atoms with Crippen LogP contribution in [-0.2, 0) is 19.4 Å². The molecular formula is C15H29N3. The molecular weight excluding hydrogens is 222 g/mol. The third-order valence-corrected chi connectivity index (χ3v) is 3.97. The average molecular weight is 251 g/mol. The minimum absolute atomic E-state index is 0.537. The van der Waals surface area contributed by atoms with Crippen molar-refractivity contribution in [3.8, 4) is 0 Å². The molecule has 0 bridgehead atoms. The summed E-state index contributed by atoms with van der Waals surface area (Å²) in [4.78, 5) is 0. The summed E-state index contributed by atoms with van der Waals surface area (Å²) in [6.07, 6.45) is 2.13. The van der Waals surface area contributed by atoms with Crippen molar-refractivity contribution in [1.29, 1.82) is 0 Å².